The molecule has 13 heavy (non-hydrogen) atoms. The van der Waals surface area contributed by atoms with E-state index in [0.29, 0.717) is 13.1 Å². The van der Waals surface area contributed by atoms with Gasteiger partial charge in [0.05, 0.1) is 12.6 Å². The summed E-state index contributed by atoms with van der Waals surface area (Å²) in [5, 5.41) is 15.2. The first-order valence-electron chi connectivity index (χ1n) is 4.92. The van der Waals surface area contributed by atoms with E-state index < -0.39 is 0 Å². The minimum absolute atomic E-state index is 0.00148. The number of carbonyl (C=O) groups is 1. The first kappa shape index (κ1) is 10.5. The summed E-state index contributed by atoms with van der Waals surface area (Å²) >= 11 is 0. The van der Waals surface area contributed by atoms with Crippen molar-refractivity contribution in [3.05, 3.63) is 0 Å². The van der Waals surface area contributed by atoms with Crippen LogP contribution in [0.25, 0.3) is 0 Å². The Morgan fingerprint density at radius 3 is 2.85 bits per heavy atom. The maximum absolute atomic E-state index is 11.1. The molecule has 0 aromatic rings. The summed E-state index contributed by atoms with van der Waals surface area (Å²) in [6.45, 7) is 2.87. The lowest BCUT2D eigenvalue weighted by molar-refractivity contribution is -0.120. The molecule has 4 heteroatoms. The van der Waals surface area contributed by atoms with Crippen LogP contribution in [0.1, 0.15) is 26.2 Å². The summed E-state index contributed by atoms with van der Waals surface area (Å²) in [6.07, 6.45) is 2.61. The lowest BCUT2D eigenvalue weighted by Gasteiger charge is -2.15. The van der Waals surface area contributed by atoms with Crippen LogP contribution < -0.4 is 10.6 Å². The highest BCUT2D eigenvalue weighted by Gasteiger charge is 2.24. The van der Waals surface area contributed by atoms with E-state index in [1.54, 1.807) is 0 Å². The van der Waals surface area contributed by atoms with Gasteiger partial charge < -0.3 is 15.7 Å². The van der Waals surface area contributed by atoms with Gasteiger partial charge in [0.2, 0.25) is 5.91 Å². The number of carbonyl (C=O) groups excluding carboxylic acids is 1. The van der Waals surface area contributed by atoms with Crippen molar-refractivity contribution in [1.29, 1.82) is 0 Å². The average molecular weight is 186 g/mol. The van der Waals surface area contributed by atoms with Crippen LogP contribution in [0.15, 0.2) is 0 Å². The Balaban J connectivity index is 2.14. The van der Waals surface area contributed by atoms with Gasteiger partial charge in [0.25, 0.3) is 0 Å². The molecule has 0 spiro atoms. The number of likely N-dealkylation sites (N-methyl/N-ethyl adjacent to an activating group) is 1. The first-order valence-corrected chi connectivity index (χ1v) is 4.92. The van der Waals surface area contributed by atoms with Crippen molar-refractivity contribution in [2.75, 3.05) is 13.1 Å². The van der Waals surface area contributed by atoms with Crippen LogP contribution in [0, 0.1) is 0 Å². The van der Waals surface area contributed by atoms with Gasteiger partial charge in [0, 0.05) is 12.6 Å². The zero-order valence-corrected chi connectivity index (χ0v) is 8.05. The van der Waals surface area contributed by atoms with E-state index in [0.717, 1.165) is 19.3 Å². The predicted molar refractivity (Wildman–Crippen MR) is 50.3 cm³/mol. The van der Waals surface area contributed by atoms with Gasteiger partial charge in [-0.1, -0.05) is 0 Å². The maximum atomic E-state index is 11.1. The van der Waals surface area contributed by atoms with Crippen LogP contribution in [0.2, 0.25) is 0 Å². The number of rotatable bonds is 4. The highest BCUT2D eigenvalue weighted by Crippen LogP contribution is 2.18. The molecule has 0 aliphatic heterocycles. The van der Waals surface area contributed by atoms with Crippen molar-refractivity contribution in [3.8, 4) is 0 Å². The largest absolute Gasteiger partial charge is 0.392 e. The minimum atomic E-state index is -0.269. The van der Waals surface area contributed by atoms with Crippen molar-refractivity contribution < 1.29 is 9.90 Å². The summed E-state index contributed by atoms with van der Waals surface area (Å²) in [4.78, 5) is 11.1. The third kappa shape index (κ3) is 3.32. The molecule has 0 bridgehead atoms. The van der Waals surface area contributed by atoms with Gasteiger partial charge in [0.1, 0.15) is 0 Å². The smallest absolute Gasteiger partial charge is 0.233 e. The monoisotopic (exact) mass is 186 g/mol. The quantitative estimate of drug-likeness (QED) is 0.561. The van der Waals surface area contributed by atoms with Crippen LogP contribution in [0.5, 0.6) is 0 Å². The zero-order valence-electron chi connectivity index (χ0n) is 8.05. The molecule has 0 heterocycles. The molecule has 2 unspecified atom stereocenters. The minimum Gasteiger partial charge on any atom is -0.392 e. The Morgan fingerprint density at radius 1 is 1.54 bits per heavy atom. The average Bonchev–Trinajstić information content (AvgIpc) is 2.48. The standard InChI is InChI=1S/C9H18N2O2/c1-2-10-9(13)6-11-7-4-3-5-8(7)12/h7-8,11-12H,2-6H2,1H3,(H,10,13). The SMILES string of the molecule is CCNC(=O)CNC1CCCC1O. The Morgan fingerprint density at radius 2 is 2.31 bits per heavy atom. The molecule has 4 nitrogen and oxygen atoms in total. The summed E-state index contributed by atoms with van der Waals surface area (Å²) < 4.78 is 0. The van der Waals surface area contributed by atoms with Gasteiger partial charge in [0.15, 0.2) is 0 Å². The Bertz CT molecular complexity index is 173. The molecule has 0 aromatic carbocycles. The fourth-order valence-electron chi connectivity index (χ4n) is 1.66. The van der Waals surface area contributed by atoms with E-state index in [9.17, 15) is 9.90 Å². The molecule has 2 atom stereocenters. The van der Waals surface area contributed by atoms with Crippen molar-refractivity contribution in [2.24, 2.45) is 0 Å². The molecule has 1 aliphatic rings. The number of hydrogen-bond acceptors (Lipinski definition) is 3. The van der Waals surface area contributed by atoms with Crippen LogP contribution in [-0.2, 0) is 4.79 Å². The molecule has 0 radical (unpaired) electrons. The van der Waals surface area contributed by atoms with E-state index in [1.807, 2.05) is 6.92 Å². The fourth-order valence-corrected chi connectivity index (χ4v) is 1.66. The molecular weight excluding hydrogens is 168 g/mol. The molecule has 1 saturated carbocycles. The second-order valence-corrected chi connectivity index (χ2v) is 3.44. The molecule has 76 valence electrons. The van der Waals surface area contributed by atoms with Crippen molar-refractivity contribution in [1.82, 2.24) is 10.6 Å². The van der Waals surface area contributed by atoms with E-state index in [4.69, 9.17) is 0 Å². The summed E-state index contributed by atoms with van der Waals surface area (Å²) in [5.41, 5.74) is 0. The highest BCUT2D eigenvalue weighted by molar-refractivity contribution is 5.77. The van der Waals surface area contributed by atoms with Gasteiger partial charge in [-0.15, -0.1) is 0 Å². The molecule has 1 fully saturated rings. The number of nitrogens with one attached hydrogen (secondary N) is 2. The second kappa shape index (κ2) is 5.19. The molecule has 0 saturated heterocycles. The third-order valence-corrected chi connectivity index (χ3v) is 2.38. The molecule has 1 rings (SSSR count). The third-order valence-electron chi connectivity index (χ3n) is 2.38. The fraction of sp³-hybridized carbons (Fsp3) is 0.889. The molecular formula is C9H18N2O2. The Hall–Kier alpha value is -0.610. The predicted octanol–water partition coefficient (Wildman–Crippen LogP) is -0.374. The Labute approximate surface area is 78.7 Å². The van der Waals surface area contributed by atoms with Gasteiger partial charge in [-0.2, -0.15) is 0 Å². The Kier molecular flexibility index (Phi) is 4.18. The van der Waals surface area contributed by atoms with Crippen LogP contribution >= 0.6 is 0 Å². The summed E-state index contributed by atoms with van der Waals surface area (Å²) in [6, 6.07) is 0.114. The van der Waals surface area contributed by atoms with E-state index in [-0.39, 0.29) is 18.1 Å². The van der Waals surface area contributed by atoms with Crippen LogP contribution in [-0.4, -0.2) is 36.2 Å². The molecule has 1 aliphatic carbocycles. The normalized spacial score (nSPS) is 27.5. The van der Waals surface area contributed by atoms with Crippen molar-refractivity contribution in [2.45, 2.75) is 38.3 Å². The highest BCUT2D eigenvalue weighted by atomic mass is 16.3. The number of aliphatic hydroxyl groups excluding tert-OH is 1. The number of hydrogen-bond donors (Lipinski definition) is 3. The van der Waals surface area contributed by atoms with Gasteiger partial charge in [-0.3, -0.25) is 4.79 Å². The topological polar surface area (TPSA) is 61.4 Å². The zero-order chi connectivity index (χ0) is 9.68. The molecule has 0 aromatic heterocycles. The van der Waals surface area contributed by atoms with E-state index >= 15 is 0 Å². The van der Waals surface area contributed by atoms with Crippen molar-refractivity contribution in [3.63, 3.8) is 0 Å². The number of amides is 1. The summed E-state index contributed by atoms with van der Waals surface area (Å²) in [7, 11) is 0. The van der Waals surface area contributed by atoms with Crippen LogP contribution in [0.3, 0.4) is 0 Å². The molecule has 1 amide bonds. The van der Waals surface area contributed by atoms with Crippen LogP contribution in [0.4, 0.5) is 0 Å². The molecule has 3 N–H and O–H groups in total. The van der Waals surface area contributed by atoms with Gasteiger partial charge in [-0.25, -0.2) is 0 Å². The lowest BCUT2D eigenvalue weighted by Crippen LogP contribution is -2.42. The maximum Gasteiger partial charge on any atom is 0.233 e. The second-order valence-electron chi connectivity index (χ2n) is 3.44. The summed E-state index contributed by atoms with van der Waals surface area (Å²) in [5.74, 6) is 0.00148. The van der Waals surface area contributed by atoms with Gasteiger partial charge in [-0.05, 0) is 26.2 Å². The van der Waals surface area contributed by atoms with Gasteiger partial charge >= 0.3 is 0 Å². The number of aliphatic hydroxyl groups is 1. The van der Waals surface area contributed by atoms with E-state index in [2.05, 4.69) is 10.6 Å². The lowest BCUT2D eigenvalue weighted by atomic mass is 10.2. The first-order chi connectivity index (χ1) is 6.24. The van der Waals surface area contributed by atoms with Crippen molar-refractivity contribution >= 4 is 5.91 Å². The van der Waals surface area contributed by atoms with E-state index in [1.165, 1.54) is 0 Å².